The molecule has 1 unspecified atom stereocenters. The molecule has 2 N–H and O–H groups in total. The van der Waals surface area contributed by atoms with Gasteiger partial charge in [-0.3, -0.25) is 0 Å². The predicted molar refractivity (Wildman–Crippen MR) is 123 cm³/mol. The van der Waals surface area contributed by atoms with Crippen molar-refractivity contribution < 1.29 is 14.3 Å². The summed E-state index contributed by atoms with van der Waals surface area (Å²) in [7, 11) is 2.88. The smallest absolute Gasteiger partial charge is 0.341 e. The number of halogens is 1. The van der Waals surface area contributed by atoms with Crippen molar-refractivity contribution >= 4 is 35.9 Å². The number of nitrogens with zero attached hydrogens (tertiary/aromatic N) is 1. The van der Waals surface area contributed by atoms with Gasteiger partial charge >= 0.3 is 5.97 Å². The first-order valence-corrected chi connectivity index (χ1v) is 8.94. The quantitative estimate of drug-likeness (QED) is 0.263. The average molecular weight is 497 g/mol. The lowest BCUT2D eigenvalue weighted by molar-refractivity contribution is 0.0597. The Bertz CT molecular complexity index is 782. The zero-order valence-electron chi connectivity index (χ0n) is 16.7. The number of carbonyl (C=O) groups excluding carboxylic acids is 1. The fourth-order valence-corrected chi connectivity index (χ4v) is 2.64. The van der Waals surface area contributed by atoms with Gasteiger partial charge in [0.25, 0.3) is 0 Å². The van der Waals surface area contributed by atoms with E-state index in [9.17, 15) is 4.79 Å². The van der Waals surface area contributed by atoms with Crippen LogP contribution in [0.1, 0.15) is 41.4 Å². The summed E-state index contributed by atoms with van der Waals surface area (Å²) in [5.41, 5.74) is 2.46. The van der Waals surface area contributed by atoms with Crippen molar-refractivity contribution in [2.24, 2.45) is 4.99 Å². The van der Waals surface area contributed by atoms with E-state index in [1.165, 1.54) is 19.8 Å². The zero-order valence-corrected chi connectivity index (χ0v) is 19.0. The third kappa shape index (κ3) is 6.70. The van der Waals surface area contributed by atoms with Gasteiger partial charge in [0.15, 0.2) is 5.96 Å². The lowest BCUT2D eigenvalue weighted by Gasteiger charge is -2.18. The van der Waals surface area contributed by atoms with E-state index in [0.717, 1.165) is 12.1 Å². The summed E-state index contributed by atoms with van der Waals surface area (Å²) >= 11 is 0. The highest BCUT2D eigenvalue weighted by atomic mass is 127. The van der Waals surface area contributed by atoms with Gasteiger partial charge in [-0.05, 0) is 37.1 Å². The summed E-state index contributed by atoms with van der Waals surface area (Å²) < 4.78 is 10.0. The van der Waals surface area contributed by atoms with E-state index in [-0.39, 0.29) is 30.0 Å². The Kier molecular flexibility index (Phi) is 10.4. The third-order valence-corrected chi connectivity index (χ3v) is 4.09. The van der Waals surface area contributed by atoms with Crippen LogP contribution >= 0.6 is 24.0 Å². The summed E-state index contributed by atoms with van der Waals surface area (Å²) in [5, 5.41) is 6.65. The Labute approximate surface area is 183 Å². The molecule has 0 aliphatic rings. The molecular formula is C21H28IN3O3. The van der Waals surface area contributed by atoms with Gasteiger partial charge in [-0.25, -0.2) is 9.79 Å². The Morgan fingerprint density at radius 1 is 1.14 bits per heavy atom. The molecule has 0 heterocycles. The molecule has 2 aromatic rings. The number of benzene rings is 2. The number of aliphatic imine (C=N–C) groups is 1. The molecule has 7 heteroatoms. The highest BCUT2D eigenvalue weighted by Gasteiger charge is 2.13. The molecule has 1 atom stereocenters. The van der Waals surface area contributed by atoms with Gasteiger partial charge in [-0.2, -0.15) is 0 Å². The van der Waals surface area contributed by atoms with E-state index in [1.807, 2.05) is 31.2 Å². The Balaban J connectivity index is 0.00000392. The average Bonchev–Trinajstić information content (AvgIpc) is 2.71. The monoisotopic (exact) mass is 497 g/mol. The maximum Gasteiger partial charge on any atom is 0.341 e. The molecule has 2 aromatic carbocycles. The normalized spacial score (nSPS) is 11.8. The molecule has 152 valence electrons. The number of nitrogens with one attached hydrogen (secondary N) is 2. The third-order valence-electron chi connectivity index (χ3n) is 4.09. The number of carbonyl (C=O) groups is 1. The number of esters is 1. The van der Waals surface area contributed by atoms with Crippen LogP contribution in [-0.4, -0.2) is 32.7 Å². The Morgan fingerprint density at radius 3 is 2.46 bits per heavy atom. The van der Waals surface area contributed by atoms with Crippen LogP contribution in [-0.2, 0) is 11.3 Å². The molecule has 0 amide bonds. The molecule has 0 aromatic heterocycles. The molecule has 0 radical (unpaired) electrons. The molecule has 0 bridgehead atoms. The zero-order chi connectivity index (χ0) is 19.6. The molecule has 2 rings (SSSR count). The van der Waals surface area contributed by atoms with Gasteiger partial charge < -0.3 is 20.1 Å². The molecule has 0 fully saturated rings. The van der Waals surface area contributed by atoms with Crippen molar-refractivity contribution in [1.29, 1.82) is 0 Å². The minimum absolute atomic E-state index is 0. The second-order valence-corrected chi connectivity index (χ2v) is 6.00. The maximum absolute atomic E-state index is 11.9. The van der Waals surface area contributed by atoms with Crippen molar-refractivity contribution in [2.75, 3.05) is 20.8 Å². The molecule has 6 nitrogen and oxygen atoms in total. The second-order valence-electron chi connectivity index (χ2n) is 6.00. The molecule has 28 heavy (non-hydrogen) atoms. The van der Waals surface area contributed by atoms with E-state index < -0.39 is 5.97 Å². The summed E-state index contributed by atoms with van der Waals surface area (Å²) in [4.78, 5) is 16.6. The van der Waals surface area contributed by atoms with Crippen molar-refractivity contribution in [3.05, 3.63) is 65.2 Å². The number of guanidine groups is 1. The van der Waals surface area contributed by atoms with Crippen LogP contribution in [0, 0.1) is 0 Å². The summed E-state index contributed by atoms with van der Waals surface area (Å²) in [6, 6.07) is 15.7. The molecule has 0 aliphatic carbocycles. The number of methoxy groups -OCH3 is 2. The van der Waals surface area contributed by atoms with Crippen molar-refractivity contribution in [2.45, 2.75) is 26.4 Å². The first-order chi connectivity index (χ1) is 13.1. The summed E-state index contributed by atoms with van der Waals surface area (Å²) in [5.74, 6) is 0.766. The standard InChI is InChI=1S/C21H27N3O3.HI/c1-5-22-21(24-15(2)17-9-7-6-8-10-17)23-14-16-11-12-19(26-3)18(13-16)20(25)27-4;/h6-13,15H,5,14H2,1-4H3,(H2,22,23,24);1H. The predicted octanol–water partition coefficient (Wildman–Crippen LogP) is 3.92. The SMILES string of the molecule is CCNC(=NCc1ccc(OC)c(C(=O)OC)c1)NC(C)c1ccccc1.I. The van der Waals surface area contributed by atoms with Gasteiger partial charge in [0, 0.05) is 6.54 Å². The Morgan fingerprint density at radius 2 is 1.86 bits per heavy atom. The summed E-state index contributed by atoms with van der Waals surface area (Å²) in [6.07, 6.45) is 0. The van der Waals surface area contributed by atoms with Crippen LogP contribution in [0.5, 0.6) is 5.75 Å². The molecule has 0 aliphatic heterocycles. The highest BCUT2D eigenvalue weighted by molar-refractivity contribution is 14.0. The van der Waals surface area contributed by atoms with E-state index in [0.29, 0.717) is 23.8 Å². The minimum Gasteiger partial charge on any atom is -0.496 e. The molecule has 0 spiro atoms. The van der Waals surface area contributed by atoms with Crippen LogP contribution < -0.4 is 15.4 Å². The number of ether oxygens (including phenoxy) is 2. The van der Waals surface area contributed by atoms with Gasteiger partial charge in [-0.15, -0.1) is 24.0 Å². The highest BCUT2D eigenvalue weighted by Crippen LogP contribution is 2.21. The number of rotatable bonds is 7. The maximum atomic E-state index is 11.9. The van der Waals surface area contributed by atoms with Gasteiger partial charge in [0.05, 0.1) is 26.8 Å². The van der Waals surface area contributed by atoms with Crippen LogP contribution in [0.25, 0.3) is 0 Å². The fraction of sp³-hybridized carbons (Fsp3) is 0.333. The summed E-state index contributed by atoms with van der Waals surface area (Å²) in [6.45, 7) is 5.28. The van der Waals surface area contributed by atoms with Gasteiger partial charge in [-0.1, -0.05) is 36.4 Å². The minimum atomic E-state index is -0.430. The first-order valence-electron chi connectivity index (χ1n) is 8.94. The van der Waals surface area contributed by atoms with Gasteiger partial charge in [0.2, 0.25) is 0 Å². The number of hydrogen-bond acceptors (Lipinski definition) is 4. The molecular weight excluding hydrogens is 469 g/mol. The molecule has 0 saturated heterocycles. The molecule has 0 saturated carbocycles. The second kappa shape index (κ2) is 12.2. The largest absolute Gasteiger partial charge is 0.496 e. The van der Waals surface area contributed by atoms with E-state index in [4.69, 9.17) is 9.47 Å². The van der Waals surface area contributed by atoms with E-state index in [1.54, 1.807) is 12.1 Å². The van der Waals surface area contributed by atoms with Gasteiger partial charge in [0.1, 0.15) is 11.3 Å². The fourth-order valence-electron chi connectivity index (χ4n) is 2.64. The number of hydrogen-bond donors (Lipinski definition) is 2. The van der Waals surface area contributed by atoms with E-state index >= 15 is 0 Å². The van der Waals surface area contributed by atoms with Crippen LogP contribution in [0.2, 0.25) is 0 Å². The van der Waals surface area contributed by atoms with E-state index in [2.05, 4.69) is 34.7 Å². The lowest BCUT2D eigenvalue weighted by Crippen LogP contribution is -2.38. The lowest BCUT2D eigenvalue weighted by atomic mass is 10.1. The van der Waals surface area contributed by atoms with Crippen LogP contribution in [0.3, 0.4) is 0 Å². The Hall–Kier alpha value is -2.29. The van der Waals surface area contributed by atoms with Crippen LogP contribution in [0.4, 0.5) is 0 Å². The van der Waals surface area contributed by atoms with Crippen LogP contribution in [0.15, 0.2) is 53.5 Å². The van der Waals surface area contributed by atoms with Crippen molar-refractivity contribution in [3.8, 4) is 5.75 Å². The first kappa shape index (κ1) is 23.7. The topological polar surface area (TPSA) is 72.0 Å². The van der Waals surface area contributed by atoms with Crippen molar-refractivity contribution in [3.63, 3.8) is 0 Å². The van der Waals surface area contributed by atoms with Crippen molar-refractivity contribution in [1.82, 2.24) is 10.6 Å².